The molecule has 3 heterocycles. The van der Waals surface area contributed by atoms with Crippen LogP contribution in [0.15, 0.2) is 0 Å². The first kappa shape index (κ1) is 15.9. The number of nitrogens with one attached hydrogen (secondary N) is 2. The van der Waals surface area contributed by atoms with Crippen molar-refractivity contribution < 1.29 is 14.3 Å². The van der Waals surface area contributed by atoms with E-state index in [0.717, 1.165) is 5.82 Å². The molecule has 8 heteroatoms. The second-order valence-electron chi connectivity index (χ2n) is 7.10. The molecule has 2 saturated heterocycles. The first-order valence-electron chi connectivity index (χ1n) is 7.97. The standard InChI is InChI=1S/C15H23N5O3/c1-15(2,3)14-17-12(18-19-14)10-8-20(6-7-23-10)13(22)9-4-5-11(21)16-9/h9-10H,4-8H2,1-3H3,(H,16,21)(H,17,18,19)/t9-,10+/m0/s1. The Morgan fingerprint density at radius 1 is 1.39 bits per heavy atom. The zero-order valence-corrected chi connectivity index (χ0v) is 13.8. The number of carbonyl (C=O) groups is 2. The lowest BCUT2D eigenvalue weighted by molar-refractivity contribution is -0.142. The topological polar surface area (TPSA) is 100 Å². The Bertz CT molecular complexity index is 606. The van der Waals surface area contributed by atoms with E-state index in [1.807, 2.05) is 20.8 Å². The Morgan fingerprint density at radius 2 is 2.17 bits per heavy atom. The minimum atomic E-state index is -0.402. The van der Waals surface area contributed by atoms with E-state index in [4.69, 9.17) is 4.74 Å². The highest BCUT2D eigenvalue weighted by Crippen LogP contribution is 2.24. The van der Waals surface area contributed by atoms with Crippen LogP contribution in [0, 0.1) is 0 Å². The van der Waals surface area contributed by atoms with Crippen molar-refractivity contribution in [1.82, 2.24) is 25.4 Å². The van der Waals surface area contributed by atoms with Gasteiger partial charge in [0.05, 0.1) is 13.2 Å². The number of morpholine rings is 1. The molecule has 0 aromatic carbocycles. The fraction of sp³-hybridized carbons (Fsp3) is 0.733. The van der Waals surface area contributed by atoms with E-state index < -0.39 is 6.04 Å². The zero-order chi connectivity index (χ0) is 16.6. The highest BCUT2D eigenvalue weighted by atomic mass is 16.5. The van der Waals surface area contributed by atoms with Gasteiger partial charge in [0.1, 0.15) is 12.1 Å². The molecule has 0 aliphatic carbocycles. The molecule has 2 aliphatic heterocycles. The molecule has 2 fully saturated rings. The van der Waals surface area contributed by atoms with Crippen LogP contribution < -0.4 is 5.32 Å². The molecule has 0 radical (unpaired) electrons. The summed E-state index contributed by atoms with van der Waals surface area (Å²) in [5.41, 5.74) is -0.146. The third kappa shape index (κ3) is 3.36. The maximum Gasteiger partial charge on any atom is 0.245 e. The molecule has 126 valence electrons. The van der Waals surface area contributed by atoms with E-state index in [1.165, 1.54) is 0 Å². The summed E-state index contributed by atoms with van der Waals surface area (Å²) in [6.45, 7) is 7.52. The van der Waals surface area contributed by atoms with Crippen molar-refractivity contribution in [3.63, 3.8) is 0 Å². The summed E-state index contributed by atoms with van der Waals surface area (Å²) in [4.78, 5) is 30.0. The van der Waals surface area contributed by atoms with Gasteiger partial charge in [0.25, 0.3) is 0 Å². The van der Waals surface area contributed by atoms with Crippen molar-refractivity contribution in [2.45, 2.75) is 51.2 Å². The highest BCUT2D eigenvalue weighted by molar-refractivity contribution is 5.90. The Kier molecular flexibility index (Phi) is 4.09. The summed E-state index contributed by atoms with van der Waals surface area (Å²) in [6, 6.07) is -0.402. The summed E-state index contributed by atoms with van der Waals surface area (Å²) < 4.78 is 5.74. The highest BCUT2D eigenvalue weighted by Gasteiger charge is 2.35. The lowest BCUT2D eigenvalue weighted by atomic mass is 9.96. The Balaban J connectivity index is 1.67. The van der Waals surface area contributed by atoms with Crippen molar-refractivity contribution in [2.24, 2.45) is 0 Å². The number of amides is 2. The summed E-state index contributed by atoms with van der Waals surface area (Å²) in [5.74, 6) is 1.27. The van der Waals surface area contributed by atoms with E-state index in [-0.39, 0.29) is 23.3 Å². The predicted octanol–water partition coefficient (Wildman–Crippen LogP) is 0.281. The van der Waals surface area contributed by atoms with Crippen molar-refractivity contribution in [3.05, 3.63) is 11.6 Å². The maximum atomic E-state index is 12.5. The van der Waals surface area contributed by atoms with Gasteiger partial charge in [-0.15, -0.1) is 0 Å². The van der Waals surface area contributed by atoms with Gasteiger partial charge < -0.3 is 15.0 Å². The lowest BCUT2D eigenvalue weighted by Crippen LogP contribution is -2.49. The first-order chi connectivity index (χ1) is 10.8. The molecule has 8 nitrogen and oxygen atoms in total. The molecule has 2 N–H and O–H groups in total. The minimum Gasteiger partial charge on any atom is -0.367 e. The van der Waals surface area contributed by atoms with Crippen molar-refractivity contribution in [3.8, 4) is 0 Å². The number of carbonyl (C=O) groups excluding carboxylic acids is 2. The van der Waals surface area contributed by atoms with Crippen LogP contribution in [0.25, 0.3) is 0 Å². The minimum absolute atomic E-state index is 0.0419. The number of aromatic nitrogens is 3. The van der Waals surface area contributed by atoms with Crippen LogP contribution in [0.2, 0.25) is 0 Å². The molecule has 1 aromatic heterocycles. The van der Waals surface area contributed by atoms with E-state index in [1.54, 1.807) is 4.90 Å². The first-order valence-corrected chi connectivity index (χ1v) is 7.97. The average molecular weight is 321 g/mol. The molecule has 2 atom stereocenters. The number of hydrogen-bond donors (Lipinski definition) is 2. The number of nitrogens with zero attached hydrogens (tertiary/aromatic N) is 3. The zero-order valence-electron chi connectivity index (χ0n) is 13.8. The monoisotopic (exact) mass is 321 g/mol. The summed E-state index contributed by atoms with van der Waals surface area (Å²) in [6.07, 6.45) is 0.672. The van der Waals surface area contributed by atoms with Crippen LogP contribution in [0.1, 0.15) is 51.4 Å². The van der Waals surface area contributed by atoms with E-state index in [2.05, 4.69) is 20.5 Å². The molecule has 0 spiro atoms. The Morgan fingerprint density at radius 3 is 2.78 bits per heavy atom. The Hall–Kier alpha value is -1.96. The molecule has 0 bridgehead atoms. The van der Waals surface area contributed by atoms with Gasteiger partial charge in [-0.3, -0.25) is 14.7 Å². The average Bonchev–Trinajstić information content (AvgIpc) is 3.15. The normalized spacial score (nSPS) is 25.5. The van der Waals surface area contributed by atoms with Gasteiger partial charge in [-0.1, -0.05) is 20.8 Å². The quantitative estimate of drug-likeness (QED) is 0.815. The lowest BCUT2D eigenvalue weighted by Gasteiger charge is -2.33. The van der Waals surface area contributed by atoms with Gasteiger partial charge in [0.2, 0.25) is 11.8 Å². The van der Waals surface area contributed by atoms with Gasteiger partial charge in [-0.25, -0.2) is 4.98 Å². The van der Waals surface area contributed by atoms with Crippen LogP contribution in [0.5, 0.6) is 0 Å². The van der Waals surface area contributed by atoms with Crippen LogP contribution >= 0.6 is 0 Å². The molecule has 2 amide bonds. The molecule has 1 aromatic rings. The van der Waals surface area contributed by atoms with Crippen LogP contribution in [0.4, 0.5) is 0 Å². The van der Waals surface area contributed by atoms with E-state index >= 15 is 0 Å². The maximum absolute atomic E-state index is 12.5. The van der Waals surface area contributed by atoms with Crippen molar-refractivity contribution in [1.29, 1.82) is 0 Å². The summed E-state index contributed by atoms with van der Waals surface area (Å²) in [7, 11) is 0. The largest absolute Gasteiger partial charge is 0.367 e. The molecule has 2 aliphatic rings. The SMILES string of the molecule is CC(C)(C)c1n[nH]c([C@H]2CN(C(=O)[C@@H]3CCC(=O)N3)CCO2)n1. The molecule has 3 rings (SSSR count). The van der Waals surface area contributed by atoms with Crippen LogP contribution in [0.3, 0.4) is 0 Å². The third-order valence-electron chi connectivity index (χ3n) is 4.15. The fourth-order valence-corrected chi connectivity index (χ4v) is 2.79. The second-order valence-corrected chi connectivity index (χ2v) is 7.10. The van der Waals surface area contributed by atoms with Crippen LogP contribution in [-0.2, 0) is 19.7 Å². The number of rotatable bonds is 2. The molecule has 0 unspecified atom stereocenters. The van der Waals surface area contributed by atoms with Gasteiger partial charge in [-0.05, 0) is 6.42 Å². The van der Waals surface area contributed by atoms with Crippen molar-refractivity contribution in [2.75, 3.05) is 19.7 Å². The van der Waals surface area contributed by atoms with Gasteiger partial charge in [-0.2, -0.15) is 5.10 Å². The summed E-state index contributed by atoms with van der Waals surface area (Å²) >= 11 is 0. The van der Waals surface area contributed by atoms with E-state index in [0.29, 0.717) is 38.4 Å². The number of hydrogen-bond acceptors (Lipinski definition) is 5. The predicted molar refractivity (Wildman–Crippen MR) is 81.5 cm³/mol. The smallest absolute Gasteiger partial charge is 0.245 e. The molecular formula is C15H23N5O3. The molecule has 0 saturated carbocycles. The van der Waals surface area contributed by atoms with Gasteiger partial charge >= 0.3 is 0 Å². The number of aromatic amines is 1. The Labute approximate surface area is 135 Å². The molecular weight excluding hydrogens is 298 g/mol. The number of H-pyrrole nitrogens is 1. The molecule has 23 heavy (non-hydrogen) atoms. The summed E-state index contributed by atoms with van der Waals surface area (Å²) in [5, 5.41) is 9.89. The second kappa shape index (κ2) is 5.92. The fourth-order valence-electron chi connectivity index (χ4n) is 2.79. The van der Waals surface area contributed by atoms with Gasteiger partial charge in [0.15, 0.2) is 11.6 Å². The van der Waals surface area contributed by atoms with Crippen molar-refractivity contribution >= 4 is 11.8 Å². The number of ether oxygens (including phenoxy) is 1. The van der Waals surface area contributed by atoms with Gasteiger partial charge in [0, 0.05) is 18.4 Å². The third-order valence-corrected chi connectivity index (χ3v) is 4.15. The van der Waals surface area contributed by atoms with E-state index in [9.17, 15) is 9.59 Å². The van der Waals surface area contributed by atoms with Crippen LogP contribution in [-0.4, -0.2) is 57.6 Å².